The minimum atomic E-state index is 0.0100. The van der Waals surface area contributed by atoms with Crippen molar-refractivity contribution in [3.63, 3.8) is 0 Å². The molecule has 4 heteroatoms. The van der Waals surface area contributed by atoms with Crippen LogP contribution in [-0.2, 0) is 6.54 Å². The number of aromatic nitrogens is 2. The summed E-state index contributed by atoms with van der Waals surface area (Å²) in [6, 6.07) is 0. The van der Waals surface area contributed by atoms with Crippen molar-refractivity contribution in [3.8, 4) is 5.88 Å². The molecule has 0 aromatic carbocycles. The first kappa shape index (κ1) is 8.29. The summed E-state index contributed by atoms with van der Waals surface area (Å²) in [7, 11) is 0. The van der Waals surface area contributed by atoms with Gasteiger partial charge in [0, 0.05) is 5.92 Å². The van der Waals surface area contributed by atoms with Crippen molar-refractivity contribution in [2.75, 3.05) is 6.61 Å². The second-order valence-corrected chi connectivity index (χ2v) is 3.52. The molecule has 1 aliphatic heterocycles. The second kappa shape index (κ2) is 2.87. The van der Waals surface area contributed by atoms with E-state index in [9.17, 15) is 4.79 Å². The molecule has 2 heterocycles. The third kappa shape index (κ3) is 1.32. The largest absolute Gasteiger partial charge is 0.477 e. The van der Waals surface area contributed by atoms with Gasteiger partial charge in [-0.15, -0.1) is 0 Å². The molecule has 0 radical (unpaired) electrons. The van der Waals surface area contributed by atoms with Gasteiger partial charge in [-0.3, -0.25) is 4.79 Å². The third-order valence-corrected chi connectivity index (χ3v) is 2.16. The van der Waals surface area contributed by atoms with Crippen molar-refractivity contribution in [2.24, 2.45) is 5.92 Å². The Balaban J connectivity index is 2.39. The van der Waals surface area contributed by atoms with Crippen molar-refractivity contribution >= 4 is 5.78 Å². The Labute approximate surface area is 76.5 Å². The number of ether oxygens (including phenoxy) is 1. The zero-order chi connectivity index (χ0) is 9.42. The molecule has 1 aromatic rings. The van der Waals surface area contributed by atoms with E-state index in [0.29, 0.717) is 24.0 Å². The van der Waals surface area contributed by atoms with Crippen LogP contribution in [0.4, 0.5) is 0 Å². The number of ketones is 1. The highest BCUT2D eigenvalue weighted by Crippen LogP contribution is 2.24. The maximum absolute atomic E-state index is 11.1. The van der Waals surface area contributed by atoms with Crippen LogP contribution in [0.2, 0.25) is 0 Å². The first-order valence-corrected chi connectivity index (χ1v) is 4.38. The van der Waals surface area contributed by atoms with Gasteiger partial charge in [0.05, 0.1) is 24.9 Å². The molecule has 13 heavy (non-hydrogen) atoms. The summed E-state index contributed by atoms with van der Waals surface area (Å²) in [5.41, 5.74) is 0.590. The number of hydrogen-bond donors (Lipinski definition) is 0. The van der Waals surface area contributed by atoms with Crippen LogP contribution >= 0.6 is 0 Å². The molecule has 0 fully saturated rings. The highest BCUT2D eigenvalue weighted by atomic mass is 16.5. The lowest BCUT2D eigenvalue weighted by molar-refractivity contribution is 0.100. The molecule has 70 valence electrons. The van der Waals surface area contributed by atoms with Crippen LogP contribution in [0.5, 0.6) is 5.88 Å². The lowest BCUT2D eigenvalue weighted by Crippen LogP contribution is -2.24. The Morgan fingerprint density at radius 2 is 2.54 bits per heavy atom. The molecule has 0 spiro atoms. The standard InChI is InChI=1S/C9H12N2O2/c1-6-4-11-9(13-5-6)8(3-10-11)7(2)12/h3,6H,4-5H2,1-2H3. The van der Waals surface area contributed by atoms with Gasteiger partial charge >= 0.3 is 0 Å². The molecule has 0 bridgehead atoms. The van der Waals surface area contributed by atoms with Gasteiger partial charge in [-0.25, -0.2) is 4.68 Å². The SMILES string of the molecule is CC(=O)c1cnn2c1OCC(C)C2. The molecule has 0 N–H and O–H groups in total. The van der Waals surface area contributed by atoms with Gasteiger partial charge in [0.25, 0.3) is 0 Å². The number of carbonyl (C=O) groups is 1. The number of hydrogen-bond acceptors (Lipinski definition) is 3. The third-order valence-electron chi connectivity index (χ3n) is 2.16. The van der Waals surface area contributed by atoms with Crippen LogP contribution in [0.1, 0.15) is 24.2 Å². The summed E-state index contributed by atoms with van der Waals surface area (Å²) in [6.07, 6.45) is 1.58. The average Bonchev–Trinajstić information content (AvgIpc) is 2.46. The van der Waals surface area contributed by atoms with Crippen LogP contribution in [0, 0.1) is 5.92 Å². The zero-order valence-electron chi connectivity index (χ0n) is 7.78. The van der Waals surface area contributed by atoms with Gasteiger partial charge in [0.1, 0.15) is 0 Å². The molecule has 1 atom stereocenters. The van der Waals surface area contributed by atoms with E-state index in [1.165, 1.54) is 6.92 Å². The van der Waals surface area contributed by atoms with Crippen molar-refractivity contribution in [1.82, 2.24) is 9.78 Å². The summed E-state index contributed by atoms with van der Waals surface area (Å²) in [5, 5.41) is 4.10. The normalized spacial score (nSPS) is 20.6. The van der Waals surface area contributed by atoms with E-state index in [2.05, 4.69) is 12.0 Å². The molecule has 0 amide bonds. The highest BCUT2D eigenvalue weighted by molar-refractivity contribution is 5.96. The van der Waals surface area contributed by atoms with Crippen molar-refractivity contribution < 1.29 is 9.53 Å². The number of carbonyl (C=O) groups excluding carboxylic acids is 1. The summed E-state index contributed by atoms with van der Waals surface area (Å²) in [4.78, 5) is 11.1. The van der Waals surface area contributed by atoms with Crippen molar-refractivity contribution in [1.29, 1.82) is 0 Å². The van der Waals surface area contributed by atoms with Crippen LogP contribution in [0.25, 0.3) is 0 Å². The van der Waals surface area contributed by atoms with Crippen LogP contribution < -0.4 is 4.74 Å². The average molecular weight is 180 g/mol. The Kier molecular flexibility index (Phi) is 1.83. The highest BCUT2D eigenvalue weighted by Gasteiger charge is 2.22. The maximum Gasteiger partial charge on any atom is 0.222 e. The molecule has 1 unspecified atom stereocenters. The molecule has 1 aliphatic rings. The fourth-order valence-electron chi connectivity index (χ4n) is 1.47. The second-order valence-electron chi connectivity index (χ2n) is 3.52. The number of fused-ring (bicyclic) bond motifs is 1. The summed E-state index contributed by atoms with van der Waals surface area (Å²) in [5.74, 6) is 1.11. The van der Waals surface area contributed by atoms with E-state index >= 15 is 0 Å². The summed E-state index contributed by atoms with van der Waals surface area (Å²) < 4.78 is 7.20. The van der Waals surface area contributed by atoms with Crippen molar-refractivity contribution in [3.05, 3.63) is 11.8 Å². The molecule has 0 saturated heterocycles. The molecule has 0 saturated carbocycles. The molecular weight excluding hydrogens is 168 g/mol. The smallest absolute Gasteiger partial charge is 0.222 e. The fourth-order valence-corrected chi connectivity index (χ4v) is 1.47. The van der Waals surface area contributed by atoms with E-state index in [1.54, 1.807) is 10.9 Å². The zero-order valence-corrected chi connectivity index (χ0v) is 7.78. The monoisotopic (exact) mass is 180 g/mol. The van der Waals surface area contributed by atoms with E-state index in [1.807, 2.05) is 0 Å². The Hall–Kier alpha value is -1.32. The molecule has 0 aliphatic carbocycles. The molecule has 4 nitrogen and oxygen atoms in total. The van der Waals surface area contributed by atoms with Crippen molar-refractivity contribution in [2.45, 2.75) is 20.4 Å². The summed E-state index contributed by atoms with van der Waals surface area (Å²) >= 11 is 0. The Bertz CT molecular complexity index is 343. The minimum Gasteiger partial charge on any atom is -0.477 e. The number of Topliss-reactive ketones (excluding diaryl/α,β-unsaturated/α-hetero) is 1. The van der Waals surface area contributed by atoms with Crippen LogP contribution in [0.15, 0.2) is 6.20 Å². The maximum atomic E-state index is 11.1. The topological polar surface area (TPSA) is 44.1 Å². The van der Waals surface area contributed by atoms with Gasteiger partial charge < -0.3 is 4.74 Å². The van der Waals surface area contributed by atoms with Gasteiger partial charge in [-0.2, -0.15) is 5.10 Å². The van der Waals surface area contributed by atoms with Gasteiger partial charge in [0.15, 0.2) is 5.78 Å². The lowest BCUT2D eigenvalue weighted by atomic mass is 10.2. The fraction of sp³-hybridized carbons (Fsp3) is 0.556. The predicted octanol–water partition coefficient (Wildman–Crippen LogP) is 1.11. The van der Waals surface area contributed by atoms with E-state index < -0.39 is 0 Å². The van der Waals surface area contributed by atoms with Crippen LogP contribution in [-0.4, -0.2) is 22.2 Å². The molecule has 1 aromatic heterocycles. The lowest BCUT2D eigenvalue weighted by Gasteiger charge is -2.21. The van der Waals surface area contributed by atoms with Crippen LogP contribution in [0.3, 0.4) is 0 Å². The predicted molar refractivity (Wildman–Crippen MR) is 46.9 cm³/mol. The van der Waals surface area contributed by atoms with Gasteiger partial charge in [0.2, 0.25) is 5.88 Å². The summed E-state index contributed by atoms with van der Waals surface area (Å²) in [6.45, 7) is 5.13. The van der Waals surface area contributed by atoms with Gasteiger partial charge in [-0.05, 0) is 6.92 Å². The Morgan fingerprint density at radius 1 is 1.77 bits per heavy atom. The van der Waals surface area contributed by atoms with E-state index in [4.69, 9.17) is 4.74 Å². The molecular formula is C9H12N2O2. The number of nitrogens with zero attached hydrogens (tertiary/aromatic N) is 2. The first-order chi connectivity index (χ1) is 6.18. The van der Waals surface area contributed by atoms with Gasteiger partial charge in [-0.1, -0.05) is 6.92 Å². The minimum absolute atomic E-state index is 0.0100. The van der Waals surface area contributed by atoms with E-state index in [-0.39, 0.29) is 5.78 Å². The number of rotatable bonds is 1. The quantitative estimate of drug-likeness (QED) is 0.608. The first-order valence-electron chi connectivity index (χ1n) is 4.38. The van der Waals surface area contributed by atoms with E-state index in [0.717, 1.165) is 6.54 Å². The molecule has 2 rings (SSSR count). The Morgan fingerprint density at radius 3 is 3.23 bits per heavy atom.